The van der Waals surface area contributed by atoms with E-state index >= 15 is 0 Å². The minimum Gasteiger partial charge on any atom is -0.264 e. The van der Waals surface area contributed by atoms with Crippen LogP contribution in [0.2, 0.25) is 0 Å². The molecule has 0 radical (unpaired) electrons. The highest BCUT2D eigenvalue weighted by Gasteiger charge is 2.14. The van der Waals surface area contributed by atoms with Crippen molar-refractivity contribution < 1.29 is 0 Å². The monoisotopic (exact) mass is 567 g/mol. The predicted molar refractivity (Wildman–Crippen MR) is 180 cm³/mol. The van der Waals surface area contributed by atoms with Crippen LogP contribution < -0.4 is 0 Å². The van der Waals surface area contributed by atoms with E-state index in [9.17, 15) is 0 Å². The fraction of sp³-hybridized carbons (Fsp3) is 0. The van der Waals surface area contributed by atoms with Crippen molar-refractivity contribution in [1.29, 1.82) is 0 Å². The van der Waals surface area contributed by atoms with Gasteiger partial charge in [0.15, 0.2) is 5.82 Å². The summed E-state index contributed by atoms with van der Waals surface area (Å²) in [6, 6.07) is 49.0. The minimum atomic E-state index is 0.657. The zero-order valence-corrected chi connectivity index (χ0v) is 24.0. The summed E-state index contributed by atoms with van der Waals surface area (Å²) >= 11 is 1.85. The summed E-state index contributed by atoms with van der Waals surface area (Å²) in [4.78, 5) is 14.4. The van der Waals surface area contributed by atoms with Gasteiger partial charge in [0.2, 0.25) is 0 Å². The first-order chi connectivity index (χ1) is 21.3. The molecule has 0 aliphatic rings. The highest BCUT2D eigenvalue weighted by atomic mass is 32.1. The number of benzene rings is 5. The van der Waals surface area contributed by atoms with E-state index in [2.05, 4.69) is 126 Å². The highest BCUT2D eigenvalue weighted by Crippen LogP contribution is 2.40. The number of pyridine rings is 1. The zero-order valence-electron chi connectivity index (χ0n) is 23.2. The zero-order chi connectivity index (χ0) is 28.6. The van der Waals surface area contributed by atoms with Gasteiger partial charge in [-0.05, 0) is 52.6 Å². The summed E-state index contributed by atoms with van der Waals surface area (Å²) in [7, 11) is 0. The molecule has 0 saturated carbocycles. The Morgan fingerprint density at radius 3 is 1.93 bits per heavy atom. The molecule has 3 nitrogen and oxygen atoms in total. The fourth-order valence-electron chi connectivity index (χ4n) is 5.65. The van der Waals surface area contributed by atoms with Crippen LogP contribution >= 0.6 is 11.3 Å². The lowest BCUT2D eigenvalue weighted by Gasteiger charge is -2.11. The Bertz CT molecular complexity index is 2220. The van der Waals surface area contributed by atoms with Crippen LogP contribution in [0.25, 0.3) is 76.3 Å². The van der Waals surface area contributed by atoms with Crippen LogP contribution in [0.3, 0.4) is 0 Å². The molecule has 0 spiro atoms. The van der Waals surface area contributed by atoms with Crippen LogP contribution in [-0.4, -0.2) is 15.0 Å². The van der Waals surface area contributed by atoms with Crippen molar-refractivity contribution in [2.24, 2.45) is 0 Å². The smallest absolute Gasteiger partial charge is 0.161 e. The van der Waals surface area contributed by atoms with E-state index in [1.54, 1.807) is 6.20 Å². The maximum atomic E-state index is 5.05. The third-order valence-electron chi connectivity index (χ3n) is 7.81. The molecule has 43 heavy (non-hydrogen) atoms. The molecule has 4 heteroatoms. The van der Waals surface area contributed by atoms with Gasteiger partial charge in [-0.1, -0.05) is 109 Å². The van der Waals surface area contributed by atoms with Crippen LogP contribution in [0.5, 0.6) is 0 Å². The van der Waals surface area contributed by atoms with E-state index in [0.717, 1.165) is 28.1 Å². The number of hydrogen-bond donors (Lipinski definition) is 0. The summed E-state index contributed by atoms with van der Waals surface area (Å²) in [6.45, 7) is 0. The molecule has 202 valence electrons. The molecule has 0 fully saturated rings. The third kappa shape index (κ3) is 4.78. The molecule has 0 atom stereocenters. The summed E-state index contributed by atoms with van der Waals surface area (Å²) in [6.07, 6.45) is 3.59. The van der Waals surface area contributed by atoms with E-state index in [-0.39, 0.29) is 0 Å². The van der Waals surface area contributed by atoms with Crippen LogP contribution in [0.4, 0.5) is 0 Å². The van der Waals surface area contributed by atoms with Crippen molar-refractivity contribution in [3.63, 3.8) is 0 Å². The molecule has 0 bridgehead atoms. The molecule has 8 rings (SSSR count). The molecule has 3 heterocycles. The second-order valence-corrected chi connectivity index (χ2v) is 11.6. The van der Waals surface area contributed by atoms with Gasteiger partial charge >= 0.3 is 0 Å². The van der Waals surface area contributed by atoms with Crippen LogP contribution in [-0.2, 0) is 0 Å². The molecule has 5 aromatic carbocycles. The van der Waals surface area contributed by atoms with Crippen LogP contribution in [0.15, 0.2) is 152 Å². The molecule has 0 amide bonds. The summed E-state index contributed by atoms with van der Waals surface area (Å²) in [5.74, 6) is 0.657. The van der Waals surface area contributed by atoms with E-state index in [0.29, 0.717) is 5.82 Å². The quantitative estimate of drug-likeness (QED) is 0.208. The van der Waals surface area contributed by atoms with Gasteiger partial charge < -0.3 is 0 Å². The molecule has 0 N–H and O–H groups in total. The maximum absolute atomic E-state index is 5.05. The Labute approximate surface area is 253 Å². The SMILES string of the molecule is c1ccc(-c2ccc(-c3cc(-c4cccc(-c5cccc6c5sc5ccccc56)c4)nc(-c4cccnc4)n3)cc2)cc1. The van der Waals surface area contributed by atoms with Crippen molar-refractivity contribution in [1.82, 2.24) is 15.0 Å². The van der Waals surface area contributed by atoms with Gasteiger partial charge in [-0.3, -0.25) is 4.98 Å². The molecule has 0 unspecified atom stereocenters. The average Bonchev–Trinajstić information content (AvgIpc) is 3.48. The Balaban J connectivity index is 1.25. The number of fused-ring (bicyclic) bond motifs is 3. The second-order valence-electron chi connectivity index (χ2n) is 10.5. The number of nitrogens with zero attached hydrogens (tertiary/aromatic N) is 3. The van der Waals surface area contributed by atoms with E-state index in [1.165, 1.54) is 42.4 Å². The van der Waals surface area contributed by atoms with Gasteiger partial charge in [0.25, 0.3) is 0 Å². The Hall–Kier alpha value is -5.45. The number of thiophene rings is 1. The molecule has 3 aromatic heterocycles. The normalized spacial score (nSPS) is 11.3. The predicted octanol–water partition coefficient (Wildman–Crippen LogP) is 10.6. The maximum Gasteiger partial charge on any atom is 0.161 e. The standard InChI is InChI=1S/C39H25N3S/c1-2-9-26(10-3-1)27-18-20-28(21-19-27)35-24-36(42-39(41-35)31-13-8-22-40-25-31)30-12-6-11-29(23-30)32-15-7-16-34-33-14-4-5-17-37(33)43-38(32)34/h1-25H. The van der Waals surface area contributed by atoms with Gasteiger partial charge in [0, 0.05) is 49.3 Å². The van der Waals surface area contributed by atoms with E-state index in [1.807, 2.05) is 35.7 Å². The van der Waals surface area contributed by atoms with Crippen molar-refractivity contribution >= 4 is 31.5 Å². The van der Waals surface area contributed by atoms with Gasteiger partial charge in [-0.15, -0.1) is 11.3 Å². The minimum absolute atomic E-state index is 0.657. The first-order valence-corrected chi connectivity index (χ1v) is 15.1. The third-order valence-corrected chi connectivity index (χ3v) is 9.03. The Morgan fingerprint density at radius 1 is 0.442 bits per heavy atom. The lowest BCUT2D eigenvalue weighted by Crippen LogP contribution is -1.96. The summed E-state index contributed by atoms with van der Waals surface area (Å²) in [5.41, 5.74) is 9.50. The summed E-state index contributed by atoms with van der Waals surface area (Å²) < 4.78 is 2.61. The topological polar surface area (TPSA) is 38.7 Å². The fourth-order valence-corrected chi connectivity index (χ4v) is 6.89. The second kappa shape index (κ2) is 10.8. The molecular formula is C39H25N3S. The highest BCUT2D eigenvalue weighted by molar-refractivity contribution is 7.26. The van der Waals surface area contributed by atoms with Crippen molar-refractivity contribution in [2.75, 3.05) is 0 Å². The van der Waals surface area contributed by atoms with Crippen molar-refractivity contribution in [3.05, 3.63) is 152 Å². The number of rotatable bonds is 5. The van der Waals surface area contributed by atoms with Gasteiger partial charge in [0.05, 0.1) is 11.4 Å². The molecule has 8 aromatic rings. The molecule has 0 aliphatic heterocycles. The lowest BCUT2D eigenvalue weighted by atomic mass is 9.98. The van der Waals surface area contributed by atoms with E-state index < -0.39 is 0 Å². The van der Waals surface area contributed by atoms with Crippen LogP contribution in [0, 0.1) is 0 Å². The first kappa shape index (κ1) is 25.3. The van der Waals surface area contributed by atoms with E-state index in [4.69, 9.17) is 9.97 Å². The Kier molecular flexibility index (Phi) is 6.32. The number of hydrogen-bond acceptors (Lipinski definition) is 4. The lowest BCUT2D eigenvalue weighted by molar-refractivity contribution is 1.17. The average molecular weight is 568 g/mol. The molecule has 0 saturated heterocycles. The largest absolute Gasteiger partial charge is 0.264 e. The van der Waals surface area contributed by atoms with Gasteiger partial charge in [-0.2, -0.15) is 0 Å². The van der Waals surface area contributed by atoms with Crippen molar-refractivity contribution in [2.45, 2.75) is 0 Å². The number of aromatic nitrogens is 3. The van der Waals surface area contributed by atoms with Crippen molar-refractivity contribution in [3.8, 4) is 56.2 Å². The van der Waals surface area contributed by atoms with Gasteiger partial charge in [-0.25, -0.2) is 9.97 Å². The molecule has 0 aliphatic carbocycles. The first-order valence-electron chi connectivity index (χ1n) is 14.3. The van der Waals surface area contributed by atoms with Crippen LogP contribution in [0.1, 0.15) is 0 Å². The van der Waals surface area contributed by atoms with Gasteiger partial charge in [0.1, 0.15) is 0 Å². The molecular weight excluding hydrogens is 543 g/mol. The Morgan fingerprint density at radius 2 is 1.09 bits per heavy atom. The summed E-state index contributed by atoms with van der Waals surface area (Å²) in [5, 5.41) is 2.60.